The third-order valence-corrected chi connectivity index (χ3v) is 2.66. The van der Waals surface area contributed by atoms with Crippen LogP contribution in [-0.4, -0.2) is 6.61 Å². The molecule has 0 spiro atoms. The predicted molar refractivity (Wildman–Crippen MR) is 76.5 cm³/mol. The van der Waals surface area contributed by atoms with Gasteiger partial charge in [-0.2, -0.15) is 0 Å². The molecule has 2 aromatic carbocycles. The molecule has 0 aromatic heterocycles. The van der Waals surface area contributed by atoms with Gasteiger partial charge < -0.3 is 15.8 Å². The summed E-state index contributed by atoms with van der Waals surface area (Å²) in [6.07, 6.45) is 0. The molecule has 0 heterocycles. The number of ether oxygens (including phenoxy) is 1. The highest BCUT2D eigenvalue weighted by Gasteiger charge is 2.04. The van der Waals surface area contributed by atoms with Crippen LogP contribution in [0, 0.1) is 6.92 Å². The van der Waals surface area contributed by atoms with E-state index in [4.69, 9.17) is 10.5 Å². The highest BCUT2D eigenvalue weighted by atomic mass is 16.5. The van der Waals surface area contributed by atoms with Crippen LogP contribution in [0.25, 0.3) is 0 Å². The van der Waals surface area contributed by atoms with Gasteiger partial charge in [0.05, 0.1) is 23.7 Å². The summed E-state index contributed by atoms with van der Waals surface area (Å²) in [5.74, 6) is 0.833. The van der Waals surface area contributed by atoms with Crippen molar-refractivity contribution in [2.75, 3.05) is 17.7 Å². The Bertz CT molecular complexity index is 538. The maximum Gasteiger partial charge on any atom is 0.142 e. The van der Waals surface area contributed by atoms with Crippen molar-refractivity contribution in [3.63, 3.8) is 0 Å². The highest BCUT2D eigenvalue weighted by molar-refractivity contribution is 5.75. The van der Waals surface area contributed by atoms with Gasteiger partial charge in [-0.05, 0) is 43.7 Å². The molecule has 3 heteroatoms. The Morgan fingerprint density at radius 1 is 1.11 bits per heavy atom. The molecule has 0 aliphatic heterocycles. The standard InChI is InChI=1S/C15H18N2O/c1-3-18-15-7-5-4-6-14(15)17-13-9-8-11(2)10-12(13)16/h4-10,17H,3,16H2,1-2H3. The summed E-state index contributed by atoms with van der Waals surface area (Å²) in [6.45, 7) is 4.63. The smallest absolute Gasteiger partial charge is 0.142 e. The average molecular weight is 242 g/mol. The van der Waals surface area contributed by atoms with E-state index in [1.54, 1.807) is 0 Å². The molecule has 2 aromatic rings. The van der Waals surface area contributed by atoms with Crippen molar-refractivity contribution in [1.82, 2.24) is 0 Å². The molecule has 18 heavy (non-hydrogen) atoms. The molecular formula is C15H18N2O. The van der Waals surface area contributed by atoms with Crippen LogP contribution in [0.15, 0.2) is 42.5 Å². The lowest BCUT2D eigenvalue weighted by atomic mass is 10.2. The number of hydrogen-bond acceptors (Lipinski definition) is 3. The molecule has 0 saturated carbocycles. The molecule has 94 valence electrons. The van der Waals surface area contributed by atoms with Gasteiger partial charge in [-0.15, -0.1) is 0 Å². The maximum absolute atomic E-state index is 5.99. The number of anilines is 3. The number of para-hydroxylation sites is 2. The van der Waals surface area contributed by atoms with Crippen molar-refractivity contribution >= 4 is 17.1 Å². The summed E-state index contributed by atoms with van der Waals surface area (Å²) in [4.78, 5) is 0. The molecule has 0 atom stereocenters. The van der Waals surface area contributed by atoms with E-state index in [0.717, 1.165) is 28.4 Å². The van der Waals surface area contributed by atoms with E-state index < -0.39 is 0 Å². The number of nitrogen functional groups attached to an aromatic ring is 1. The lowest BCUT2D eigenvalue weighted by molar-refractivity contribution is 0.342. The minimum absolute atomic E-state index is 0.641. The quantitative estimate of drug-likeness (QED) is 0.803. The molecular weight excluding hydrogens is 224 g/mol. The van der Waals surface area contributed by atoms with Gasteiger partial charge in [0.15, 0.2) is 0 Å². The van der Waals surface area contributed by atoms with E-state index in [1.807, 2.05) is 56.3 Å². The van der Waals surface area contributed by atoms with E-state index in [2.05, 4.69) is 5.32 Å². The van der Waals surface area contributed by atoms with Gasteiger partial charge in [0.2, 0.25) is 0 Å². The Balaban J connectivity index is 2.28. The number of aryl methyl sites for hydroxylation is 1. The van der Waals surface area contributed by atoms with E-state index >= 15 is 0 Å². The lowest BCUT2D eigenvalue weighted by Gasteiger charge is -2.14. The minimum atomic E-state index is 0.641. The Labute approximate surface area is 108 Å². The fraction of sp³-hybridized carbons (Fsp3) is 0.200. The number of rotatable bonds is 4. The van der Waals surface area contributed by atoms with E-state index in [0.29, 0.717) is 6.61 Å². The monoisotopic (exact) mass is 242 g/mol. The second-order valence-electron chi connectivity index (χ2n) is 4.14. The lowest BCUT2D eigenvalue weighted by Crippen LogP contribution is -2.00. The van der Waals surface area contributed by atoms with Crippen molar-refractivity contribution in [1.29, 1.82) is 0 Å². The van der Waals surface area contributed by atoms with Gasteiger partial charge in [-0.3, -0.25) is 0 Å². The molecule has 0 bridgehead atoms. The van der Waals surface area contributed by atoms with Crippen molar-refractivity contribution in [2.24, 2.45) is 0 Å². The second kappa shape index (κ2) is 5.45. The van der Waals surface area contributed by atoms with Crippen LogP contribution in [0.1, 0.15) is 12.5 Å². The first-order valence-electron chi connectivity index (χ1n) is 6.05. The summed E-state index contributed by atoms with van der Waals surface area (Å²) in [7, 11) is 0. The van der Waals surface area contributed by atoms with Crippen molar-refractivity contribution in [3.05, 3.63) is 48.0 Å². The Morgan fingerprint density at radius 3 is 2.61 bits per heavy atom. The number of benzene rings is 2. The predicted octanol–water partition coefficient (Wildman–Crippen LogP) is 3.72. The van der Waals surface area contributed by atoms with Crippen LogP contribution in [0.3, 0.4) is 0 Å². The summed E-state index contributed by atoms with van der Waals surface area (Å²) >= 11 is 0. The van der Waals surface area contributed by atoms with E-state index in [-0.39, 0.29) is 0 Å². The zero-order chi connectivity index (χ0) is 13.0. The molecule has 0 aliphatic rings. The largest absolute Gasteiger partial charge is 0.492 e. The van der Waals surface area contributed by atoms with Crippen LogP contribution >= 0.6 is 0 Å². The van der Waals surface area contributed by atoms with Gasteiger partial charge in [0.1, 0.15) is 5.75 Å². The molecule has 3 nitrogen and oxygen atoms in total. The molecule has 0 unspecified atom stereocenters. The molecule has 3 N–H and O–H groups in total. The topological polar surface area (TPSA) is 47.3 Å². The normalized spacial score (nSPS) is 10.1. The van der Waals surface area contributed by atoms with Crippen LogP contribution < -0.4 is 15.8 Å². The van der Waals surface area contributed by atoms with Gasteiger partial charge >= 0.3 is 0 Å². The zero-order valence-electron chi connectivity index (χ0n) is 10.7. The second-order valence-corrected chi connectivity index (χ2v) is 4.14. The van der Waals surface area contributed by atoms with Crippen molar-refractivity contribution < 1.29 is 4.74 Å². The highest BCUT2D eigenvalue weighted by Crippen LogP contribution is 2.30. The maximum atomic E-state index is 5.99. The van der Waals surface area contributed by atoms with Gasteiger partial charge in [0, 0.05) is 0 Å². The molecule has 0 amide bonds. The van der Waals surface area contributed by atoms with Crippen LogP contribution in [0.5, 0.6) is 5.75 Å². The first-order chi connectivity index (χ1) is 8.70. The van der Waals surface area contributed by atoms with Gasteiger partial charge in [0.25, 0.3) is 0 Å². The molecule has 0 radical (unpaired) electrons. The zero-order valence-corrected chi connectivity index (χ0v) is 10.7. The minimum Gasteiger partial charge on any atom is -0.492 e. The third-order valence-electron chi connectivity index (χ3n) is 2.66. The summed E-state index contributed by atoms with van der Waals surface area (Å²) in [5.41, 5.74) is 9.70. The first kappa shape index (κ1) is 12.3. The molecule has 0 aliphatic carbocycles. The van der Waals surface area contributed by atoms with E-state index in [1.165, 1.54) is 0 Å². The summed E-state index contributed by atoms with van der Waals surface area (Å²) in [6, 6.07) is 13.8. The summed E-state index contributed by atoms with van der Waals surface area (Å²) in [5, 5.41) is 3.30. The first-order valence-corrected chi connectivity index (χ1v) is 6.05. The van der Waals surface area contributed by atoms with Crippen LogP contribution in [0.4, 0.5) is 17.1 Å². The number of hydrogen-bond donors (Lipinski definition) is 2. The number of nitrogens with two attached hydrogens (primary N) is 1. The Morgan fingerprint density at radius 2 is 1.89 bits per heavy atom. The Hall–Kier alpha value is -2.16. The van der Waals surface area contributed by atoms with Gasteiger partial charge in [-0.1, -0.05) is 18.2 Å². The van der Waals surface area contributed by atoms with Crippen LogP contribution in [-0.2, 0) is 0 Å². The Kier molecular flexibility index (Phi) is 3.72. The molecule has 2 rings (SSSR count). The van der Waals surface area contributed by atoms with E-state index in [9.17, 15) is 0 Å². The fourth-order valence-corrected chi connectivity index (χ4v) is 1.79. The SMILES string of the molecule is CCOc1ccccc1Nc1ccc(C)cc1N. The number of nitrogens with one attached hydrogen (secondary N) is 1. The van der Waals surface area contributed by atoms with Crippen LogP contribution in [0.2, 0.25) is 0 Å². The fourth-order valence-electron chi connectivity index (χ4n) is 1.79. The van der Waals surface area contributed by atoms with Crippen molar-refractivity contribution in [3.8, 4) is 5.75 Å². The summed E-state index contributed by atoms with van der Waals surface area (Å²) < 4.78 is 5.57. The van der Waals surface area contributed by atoms with Crippen molar-refractivity contribution in [2.45, 2.75) is 13.8 Å². The average Bonchev–Trinajstić information content (AvgIpc) is 2.35. The molecule has 0 fully saturated rings. The molecule has 0 saturated heterocycles. The third kappa shape index (κ3) is 2.74. The van der Waals surface area contributed by atoms with Gasteiger partial charge in [-0.25, -0.2) is 0 Å².